The van der Waals surface area contributed by atoms with Crippen molar-refractivity contribution in [1.82, 2.24) is 0 Å². The zero-order valence-corrected chi connectivity index (χ0v) is 13.1. The maximum Gasteiger partial charge on any atom is 0.232 e. The van der Waals surface area contributed by atoms with Gasteiger partial charge >= 0.3 is 0 Å². The summed E-state index contributed by atoms with van der Waals surface area (Å²) in [7, 11) is -3.43. The van der Waals surface area contributed by atoms with Crippen molar-refractivity contribution in [2.75, 3.05) is 6.26 Å². The number of benzene rings is 2. The van der Waals surface area contributed by atoms with E-state index < -0.39 is 9.84 Å². The zero-order chi connectivity index (χ0) is 15.1. The second kappa shape index (κ2) is 7.28. The lowest BCUT2D eigenvalue weighted by atomic mass is 10.2. The molecule has 0 fully saturated rings. The molecule has 0 unspecified atom stereocenters. The molecule has 21 heavy (non-hydrogen) atoms. The Kier molecular flexibility index (Phi) is 5.41. The van der Waals surface area contributed by atoms with Gasteiger partial charge in [0.25, 0.3) is 0 Å². The van der Waals surface area contributed by atoms with Crippen LogP contribution < -0.4 is 0 Å². The number of oxime groups is 1. The molecule has 0 spiro atoms. The second-order valence-electron chi connectivity index (χ2n) is 4.30. The summed E-state index contributed by atoms with van der Waals surface area (Å²) in [6.45, 7) is 0.231. The van der Waals surface area contributed by atoms with Crippen LogP contribution in [-0.2, 0) is 21.3 Å². The molecule has 0 saturated carbocycles. The van der Waals surface area contributed by atoms with Gasteiger partial charge in [0.1, 0.15) is 6.61 Å². The SMILES string of the molecule is CS(=O)(=O)/C(=N\OCc1ccccc1)Sc1ccccc1. The third-order valence-corrected chi connectivity index (χ3v) is 5.10. The predicted molar refractivity (Wildman–Crippen MR) is 85.8 cm³/mol. The number of rotatable bonds is 4. The van der Waals surface area contributed by atoms with Crippen molar-refractivity contribution in [3.8, 4) is 0 Å². The summed E-state index contributed by atoms with van der Waals surface area (Å²) in [6.07, 6.45) is 1.12. The van der Waals surface area contributed by atoms with Crippen LogP contribution >= 0.6 is 11.8 Å². The van der Waals surface area contributed by atoms with Gasteiger partial charge in [-0.1, -0.05) is 65.4 Å². The smallest absolute Gasteiger partial charge is 0.232 e. The van der Waals surface area contributed by atoms with Crippen molar-refractivity contribution in [1.29, 1.82) is 0 Å². The predicted octanol–water partition coefficient (Wildman–Crippen LogP) is 3.31. The summed E-state index contributed by atoms with van der Waals surface area (Å²) in [5.41, 5.74) is 0.929. The van der Waals surface area contributed by atoms with E-state index in [0.717, 1.165) is 28.5 Å². The van der Waals surface area contributed by atoms with Gasteiger partial charge in [0.2, 0.25) is 14.2 Å². The molecule has 0 aliphatic heterocycles. The van der Waals surface area contributed by atoms with Crippen LogP contribution in [0.3, 0.4) is 0 Å². The molecule has 0 amide bonds. The van der Waals surface area contributed by atoms with Crippen LogP contribution in [0.25, 0.3) is 0 Å². The minimum atomic E-state index is -3.43. The van der Waals surface area contributed by atoms with E-state index in [1.165, 1.54) is 0 Å². The van der Waals surface area contributed by atoms with Gasteiger partial charge in [-0.3, -0.25) is 0 Å². The molecule has 2 rings (SSSR count). The Morgan fingerprint density at radius 3 is 2.19 bits per heavy atom. The van der Waals surface area contributed by atoms with Crippen LogP contribution in [-0.4, -0.2) is 19.0 Å². The highest BCUT2D eigenvalue weighted by molar-refractivity contribution is 8.35. The van der Waals surface area contributed by atoms with Crippen molar-refractivity contribution < 1.29 is 13.3 Å². The summed E-state index contributed by atoms with van der Waals surface area (Å²) in [5.74, 6) is 0. The molecule has 0 N–H and O–H groups in total. The number of hydrogen-bond acceptors (Lipinski definition) is 5. The Hall–Kier alpha value is -1.79. The van der Waals surface area contributed by atoms with Crippen LogP contribution in [0, 0.1) is 0 Å². The topological polar surface area (TPSA) is 55.7 Å². The van der Waals surface area contributed by atoms with Crippen molar-refractivity contribution >= 4 is 26.0 Å². The molecular formula is C15H15NO3S2. The number of sulfone groups is 1. The standard InChI is InChI=1S/C15H15NO3S2/c1-21(17,18)15(20-14-10-6-3-7-11-14)16-19-12-13-8-4-2-5-9-13/h2-11H,12H2,1H3/b16-15-. The van der Waals surface area contributed by atoms with Gasteiger partial charge in [0.15, 0.2) is 0 Å². The molecule has 2 aromatic carbocycles. The molecule has 6 heteroatoms. The lowest BCUT2D eigenvalue weighted by Gasteiger charge is -2.05. The van der Waals surface area contributed by atoms with Gasteiger partial charge < -0.3 is 4.84 Å². The Morgan fingerprint density at radius 2 is 1.62 bits per heavy atom. The summed E-state index contributed by atoms with van der Waals surface area (Å²) in [5, 5.41) is 3.78. The first kappa shape index (κ1) is 15.6. The molecule has 2 aromatic rings. The Labute approximate surface area is 128 Å². The lowest BCUT2D eigenvalue weighted by Crippen LogP contribution is -2.09. The highest BCUT2D eigenvalue weighted by Crippen LogP contribution is 2.22. The number of thioether (sulfide) groups is 1. The van der Waals surface area contributed by atoms with Crippen LogP contribution in [0.1, 0.15) is 5.56 Å². The Morgan fingerprint density at radius 1 is 1.05 bits per heavy atom. The first-order valence-corrected chi connectivity index (χ1v) is 8.93. The van der Waals surface area contributed by atoms with Gasteiger partial charge in [-0.15, -0.1) is 0 Å². The highest BCUT2D eigenvalue weighted by atomic mass is 32.3. The van der Waals surface area contributed by atoms with Crippen molar-refractivity contribution in [3.63, 3.8) is 0 Å². The largest absolute Gasteiger partial charge is 0.389 e. The van der Waals surface area contributed by atoms with Crippen LogP contribution in [0.2, 0.25) is 0 Å². The molecule has 0 bridgehead atoms. The molecule has 110 valence electrons. The van der Waals surface area contributed by atoms with E-state index in [-0.39, 0.29) is 11.0 Å². The maximum absolute atomic E-state index is 11.7. The summed E-state index contributed by atoms with van der Waals surface area (Å²) in [6, 6.07) is 18.6. The highest BCUT2D eigenvalue weighted by Gasteiger charge is 2.16. The summed E-state index contributed by atoms with van der Waals surface area (Å²) < 4.78 is 23.4. The van der Waals surface area contributed by atoms with Gasteiger partial charge in [-0.05, 0) is 17.7 Å². The van der Waals surface area contributed by atoms with Gasteiger partial charge in [0, 0.05) is 11.2 Å². The molecule has 0 aromatic heterocycles. The van der Waals surface area contributed by atoms with Gasteiger partial charge in [0.05, 0.1) is 0 Å². The van der Waals surface area contributed by atoms with Crippen molar-refractivity contribution in [3.05, 3.63) is 66.2 Å². The van der Waals surface area contributed by atoms with Crippen molar-refractivity contribution in [2.45, 2.75) is 11.5 Å². The fourth-order valence-electron chi connectivity index (χ4n) is 1.49. The summed E-state index contributed by atoms with van der Waals surface area (Å²) >= 11 is 1.07. The Bertz CT molecular complexity index is 698. The van der Waals surface area contributed by atoms with Crippen LogP contribution in [0.5, 0.6) is 0 Å². The first-order valence-electron chi connectivity index (χ1n) is 6.22. The monoisotopic (exact) mass is 321 g/mol. The van der Waals surface area contributed by atoms with E-state index in [0.29, 0.717) is 0 Å². The molecular weight excluding hydrogens is 306 g/mol. The fourth-order valence-corrected chi connectivity index (χ4v) is 3.15. The fraction of sp³-hybridized carbons (Fsp3) is 0.133. The van der Waals surface area contributed by atoms with Gasteiger partial charge in [-0.25, -0.2) is 8.42 Å². The average molecular weight is 321 g/mol. The van der Waals surface area contributed by atoms with Crippen LogP contribution in [0.15, 0.2) is 70.7 Å². The Balaban J connectivity index is 2.08. The third kappa shape index (κ3) is 5.24. The van der Waals surface area contributed by atoms with Crippen molar-refractivity contribution in [2.24, 2.45) is 5.16 Å². The minimum absolute atomic E-state index is 0.0513. The van der Waals surface area contributed by atoms with Crippen LogP contribution in [0.4, 0.5) is 0 Å². The summed E-state index contributed by atoms with van der Waals surface area (Å²) in [4.78, 5) is 5.96. The first-order chi connectivity index (χ1) is 10.1. The number of nitrogens with zero attached hydrogens (tertiary/aromatic N) is 1. The minimum Gasteiger partial charge on any atom is -0.389 e. The van der Waals surface area contributed by atoms with E-state index in [9.17, 15) is 8.42 Å². The number of hydrogen-bond donors (Lipinski definition) is 0. The molecule has 0 radical (unpaired) electrons. The third-order valence-electron chi connectivity index (χ3n) is 2.48. The van der Waals surface area contributed by atoms with E-state index in [1.807, 2.05) is 60.7 Å². The maximum atomic E-state index is 11.7. The molecule has 0 aliphatic rings. The van der Waals surface area contributed by atoms with E-state index in [2.05, 4.69) is 5.16 Å². The van der Waals surface area contributed by atoms with E-state index in [4.69, 9.17) is 4.84 Å². The van der Waals surface area contributed by atoms with E-state index in [1.54, 1.807) is 0 Å². The lowest BCUT2D eigenvalue weighted by molar-refractivity contribution is 0.132. The van der Waals surface area contributed by atoms with Gasteiger partial charge in [-0.2, -0.15) is 0 Å². The second-order valence-corrected chi connectivity index (χ2v) is 7.56. The molecule has 0 atom stereocenters. The quantitative estimate of drug-likeness (QED) is 0.375. The van der Waals surface area contributed by atoms with E-state index >= 15 is 0 Å². The zero-order valence-electron chi connectivity index (χ0n) is 11.5. The molecule has 0 heterocycles. The molecule has 0 aliphatic carbocycles. The average Bonchev–Trinajstić information content (AvgIpc) is 2.47. The molecule has 0 saturated heterocycles. The normalized spacial score (nSPS) is 12.1. The molecule has 4 nitrogen and oxygen atoms in total.